The minimum atomic E-state index is 0.189. The first-order chi connectivity index (χ1) is 16.1. The third-order valence-electron chi connectivity index (χ3n) is 5.74. The molecule has 5 rings (SSSR count). The third-order valence-corrected chi connectivity index (χ3v) is 5.98. The number of aryl methyl sites for hydroxylation is 1. The number of carbonyl (C=O) groups excluding carboxylic acids is 1. The van der Waals surface area contributed by atoms with E-state index in [1.165, 1.54) is 4.90 Å². The van der Waals surface area contributed by atoms with Crippen LogP contribution in [-0.4, -0.2) is 25.9 Å². The van der Waals surface area contributed by atoms with Gasteiger partial charge in [0.25, 0.3) is 5.82 Å². The number of hydrogen-bond donors (Lipinski definition) is 2. The van der Waals surface area contributed by atoms with Crippen molar-refractivity contribution in [3.8, 4) is 0 Å². The number of rotatable bonds is 7. The van der Waals surface area contributed by atoms with Gasteiger partial charge in [0.05, 0.1) is 6.54 Å². The highest BCUT2D eigenvalue weighted by Crippen LogP contribution is 2.25. The molecule has 0 saturated heterocycles. The van der Waals surface area contributed by atoms with Crippen LogP contribution in [0, 0.1) is 0 Å². The van der Waals surface area contributed by atoms with Crippen LogP contribution in [0.25, 0.3) is 22.2 Å². The zero-order valence-corrected chi connectivity index (χ0v) is 18.8. The summed E-state index contributed by atoms with van der Waals surface area (Å²) in [6.07, 6.45) is 2.49. The highest BCUT2D eigenvalue weighted by Gasteiger charge is 2.28. The summed E-state index contributed by atoms with van der Waals surface area (Å²) in [6.45, 7) is 3.69. The van der Waals surface area contributed by atoms with Gasteiger partial charge in [-0.2, -0.15) is 0 Å². The number of nitrogens with one attached hydrogen (secondary N) is 1. The zero-order chi connectivity index (χ0) is 22.9. The van der Waals surface area contributed by atoms with Crippen molar-refractivity contribution in [1.82, 2.24) is 19.5 Å². The second-order valence-corrected chi connectivity index (χ2v) is 8.18. The van der Waals surface area contributed by atoms with Crippen LogP contribution in [0.5, 0.6) is 0 Å². The molecule has 0 aliphatic rings. The summed E-state index contributed by atoms with van der Waals surface area (Å²) in [6, 6.07) is 17.9. The van der Waals surface area contributed by atoms with Gasteiger partial charge in [0.2, 0.25) is 6.41 Å². The quantitative estimate of drug-likeness (QED) is 0.286. The molecular weight excluding hydrogens is 438 g/mol. The van der Waals surface area contributed by atoms with E-state index in [4.69, 9.17) is 17.3 Å². The number of halogens is 1. The molecule has 9 heteroatoms. The van der Waals surface area contributed by atoms with Crippen molar-refractivity contribution in [1.29, 1.82) is 0 Å². The fourth-order valence-corrected chi connectivity index (χ4v) is 4.40. The molecule has 2 aromatic carbocycles. The van der Waals surface area contributed by atoms with Gasteiger partial charge in [0.1, 0.15) is 18.6 Å². The predicted octanol–water partition coefficient (Wildman–Crippen LogP) is 3.67. The normalized spacial score (nSPS) is 11.3. The number of nitrogen functional groups attached to an aromatic ring is 1. The minimum Gasteiger partial charge on any atom is -0.381 e. The Morgan fingerprint density at radius 2 is 2.00 bits per heavy atom. The summed E-state index contributed by atoms with van der Waals surface area (Å²) >= 11 is 6.34. The van der Waals surface area contributed by atoms with Crippen molar-refractivity contribution in [2.45, 2.75) is 26.6 Å². The topological polar surface area (TPSA) is 96.7 Å². The second kappa shape index (κ2) is 8.55. The molecule has 0 spiro atoms. The summed E-state index contributed by atoms with van der Waals surface area (Å²) in [5.74, 6) is 1.45. The van der Waals surface area contributed by atoms with E-state index in [2.05, 4.69) is 43.1 Å². The Morgan fingerprint density at radius 3 is 2.76 bits per heavy atom. The summed E-state index contributed by atoms with van der Waals surface area (Å²) in [5, 5.41) is 0.661. The van der Waals surface area contributed by atoms with E-state index >= 15 is 0 Å². The average molecular weight is 461 g/mol. The smallest absolute Gasteiger partial charge is 0.278 e. The van der Waals surface area contributed by atoms with E-state index in [9.17, 15) is 4.79 Å². The molecule has 1 amide bonds. The number of aromatic nitrogens is 5. The lowest BCUT2D eigenvalue weighted by molar-refractivity contribution is -0.671. The number of hydrogen-bond acceptors (Lipinski definition) is 4. The molecule has 0 radical (unpaired) electrons. The van der Waals surface area contributed by atoms with Gasteiger partial charge in [-0.25, -0.2) is 19.1 Å². The van der Waals surface area contributed by atoms with Crippen LogP contribution in [0.4, 0.5) is 11.6 Å². The monoisotopic (exact) mass is 460 g/mol. The van der Waals surface area contributed by atoms with E-state index in [0.29, 0.717) is 35.1 Å². The largest absolute Gasteiger partial charge is 0.381 e. The summed E-state index contributed by atoms with van der Waals surface area (Å²) in [4.78, 5) is 25.7. The number of anilines is 2. The van der Waals surface area contributed by atoms with Gasteiger partial charge in [-0.15, -0.1) is 0 Å². The van der Waals surface area contributed by atoms with Gasteiger partial charge >= 0.3 is 0 Å². The summed E-state index contributed by atoms with van der Waals surface area (Å²) < 4.78 is 4.37. The number of benzene rings is 2. The summed E-state index contributed by atoms with van der Waals surface area (Å²) in [5.41, 5.74) is 10.6. The van der Waals surface area contributed by atoms with Crippen LogP contribution >= 0.6 is 11.6 Å². The van der Waals surface area contributed by atoms with E-state index in [-0.39, 0.29) is 12.4 Å². The van der Waals surface area contributed by atoms with Crippen LogP contribution in [0.1, 0.15) is 18.3 Å². The molecule has 0 bridgehead atoms. The summed E-state index contributed by atoms with van der Waals surface area (Å²) in [7, 11) is 0. The van der Waals surface area contributed by atoms with Crippen molar-refractivity contribution in [2.75, 3.05) is 10.6 Å². The third kappa shape index (κ3) is 3.78. The Morgan fingerprint density at radius 1 is 1.18 bits per heavy atom. The Labute approximate surface area is 195 Å². The number of nitrogens with two attached hydrogens (primary N) is 1. The predicted molar refractivity (Wildman–Crippen MR) is 129 cm³/mol. The fourth-order valence-electron chi connectivity index (χ4n) is 4.23. The molecule has 166 valence electrons. The number of fused-ring (bicyclic) bond motifs is 2. The Bertz CT molecular complexity index is 1460. The van der Waals surface area contributed by atoms with Gasteiger partial charge in [-0.1, -0.05) is 41.9 Å². The first-order valence-corrected chi connectivity index (χ1v) is 11.0. The lowest BCUT2D eigenvalue weighted by Gasteiger charge is -2.17. The van der Waals surface area contributed by atoms with Crippen LogP contribution in [0.2, 0.25) is 5.02 Å². The van der Waals surface area contributed by atoms with E-state index < -0.39 is 0 Å². The maximum Gasteiger partial charge on any atom is 0.278 e. The van der Waals surface area contributed by atoms with E-state index in [1.54, 1.807) is 12.3 Å². The number of carbonyl (C=O) groups is 1. The van der Waals surface area contributed by atoms with Gasteiger partial charge < -0.3 is 10.7 Å². The molecule has 0 fully saturated rings. The molecule has 0 aliphatic heterocycles. The SMILES string of the molecule is CCn1c(CN(C=O)c2nc3cc[nH]c3nc2N)[n+](Cc2ccccc2)c2ccc(Cl)cc21. The molecular formula is C24H23ClN7O+. The van der Waals surface area contributed by atoms with Crippen LogP contribution < -0.4 is 15.2 Å². The fraction of sp³-hybridized carbons (Fsp3) is 0.167. The molecule has 0 unspecified atom stereocenters. The van der Waals surface area contributed by atoms with Crippen molar-refractivity contribution in [3.63, 3.8) is 0 Å². The van der Waals surface area contributed by atoms with Gasteiger partial charge in [-0.05, 0) is 30.7 Å². The van der Waals surface area contributed by atoms with Crippen molar-refractivity contribution < 1.29 is 9.36 Å². The molecule has 33 heavy (non-hydrogen) atoms. The number of imidazole rings is 1. The molecule has 0 saturated carbocycles. The molecule has 8 nitrogen and oxygen atoms in total. The number of nitrogens with zero attached hydrogens (tertiary/aromatic N) is 5. The highest BCUT2D eigenvalue weighted by molar-refractivity contribution is 6.31. The first-order valence-electron chi connectivity index (χ1n) is 10.7. The molecule has 3 heterocycles. The zero-order valence-electron chi connectivity index (χ0n) is 18.1. The number of amides is 1. The maximum absolute atomic E-state index is 12.2. The van der Waals surface area contributed by atoms with Crippen LogP contribution in [0.15, 0.2) is 60.8 Å². The Kier molecular flexibility index (Phi) is 5.43. The standard InChI is InChI=1S/C24H23ClN7O/c1-2-31-20-12-17(25)8-9-19(20)32(13-16-6-4-3-5-7-16)21(31)14-30(15-33)24-22(26)29-23-18(28-24)10-11-27-23/h3-12,15H,2,13-14H2,1H3,(H3,26,27,29)/q+1. The maximum atomic E-state index is 12.2. The average Bonchev–Trinajstić information content (AvgIpc) is 3.39. The Hall–Kier alpha value is -3.91. The van der Waals surface area contributed by atoms with Crippen LogP contribution in [0.3, 0.4) is 0 Å². The van der Waals surface area contributed by atoms with Gasteiger partial charge in [0.15, 0.2) is 28.3 Å². The Balaban J connectivity index is 1.65. The second-order valence-electron chi connectivity index (χ2n) is 7.74. The molecule has 0 aliphatic carbocycles. The van der Waals surface area contributed by atoms with Crippen molar-refractivity contribution in [3.05, 3.63) is 77.2 Å². The van der Waals surface area contributed by atoms with E-state index in [0.717, 1.165) is 28.8 Å². The molecule has 5 aromatic rings. The highest BCUT2D eigenvalue weighted by atomic mass is 35.5. The lowest BCUT2D eigenvalue weighted by Crippen LogP contribution is -2.41. The van der Waals surface area contributed by atoms with E-state index in [1.807, 2.05) is 36.4 Å². The number of H-pyrrole nitrogens is 1. The number of aromatic amines is 1. The molecule has 3 N–H and O–H groups in total. The lowest BCUT2D eigenvalue weighted by atomic mass is 10.2. The van der Waals surface area contributed by atoms with Crippen molar-refractivity contribution >= 4 is 51.8 Å². The van der Waals surface area contributed by atoms with Crippen molar-refractivity contribution in [2.24, 2.45) is 0 Å². The first kappa shape index (κ1) is 21.0. The minimum absolute atomic E-state index is 0.189. The molecule has 3 aromatic heterocycles. The van der Waals surface area contributed by atoms with Gasteiger partial charge in [-0.3, -0.25) is 9.69 Å². The van der Waals surface area contributed by atoms with Crippen LogP contribution in [-0.2, 0) is 24.4 Å². The molecule has 0 atom stereocenters. The van der Waals surface area contributed by atoms with Gasteiger partial charge in [0, 0.05) is 17.3 Å².